The highest BCUT2D eigenvalue weighted by Gasteiger charge is 2.26. The van der Waals surface area contributed by atoms with Crippen LogP contribution in [0.15, 0.2) is 42.9 Å². The fraction of sp³-hybridized carbons (Fsp3) is 0.360. The van der Waals surface area contributed by atoms with Crippen LogP contribution in [0.5, 0.6) is 5.88 Å². The van der Waals surface area contributed by atoms with Gasteiger partial charge in [-0.1, -0.05) is 12.1 Å². The quantitative estimate of drug-likeness (QED) is 0.472. The zero-order valence-corrected chi connectivity index (χ0v) is 21.4. The number of carbonyl (C=O) groups is 2. The fourth-order valence-electron chi connectivity index (χ4n) is 4.12. The summed E-state index contributed by atoms with van der Waals surface area (Å²) in [7, 11) is -3.27. The maximum absolute atomic E-state index is 13.8. The van der Waals surface area contributed by atoms with Gasteiger partial charge < -0.3 is 15.4 Å². The predicted molar refractivity (Wildman–Crippen MR) is 134 cm³/mol. The van der Waals surface area contributed by atoms with Gasteiger partial charge in [-0.05, 0) is 30.2 Å². The van der Waals surface area contributed by atoms with E-state index in [1.165, 1.54) is 29.2 Å². The number of benzene rings is 1. The lowest BCUT2D eigenvalue weighted by Crippen LogP contribution is -2.42. The van der Waals surface area contributed by atoms with Gasteiger partial charge in [-0.25, -0.2) is 17.8 Å². The van der Waals surface area contributed by atoms with E-state index in [2.05, 4.69) is 10.1 Å². The van der Waals surface area contributed by atoms with E-state index >= 15 is 0 Å². The van der Waals surface area contributed by atoms with Crippen molar-refractivity contribution < 1.29 is 27.1 Å². The fourth-order valence-corrected chi connectivity index (χ4v) is 4.74. The highest BCUT2D eigenvalue weighted by atomic mass is 32.2. The third-order valence-electron chi connectivity index (χ3n) is 6.11. The smallest absolute Gasteiger partial charge is 0.254 e. The van der Waals surface area contributed by atoms with Gasteiger partial charge >= 0.3 is 0 Å². The molecular formula is C25H28FN5O5S. The number of sulfone groups is 1. The monoisotopic (exact) mass is 529 g/mol. The van der Waals surface area contributed by atoms with Gasteiger partial charge in [0.2, 0.25) is 11.8 Å². The SMILES string of the molecule is Cc1ccc(CC(=O)N2CCC(Oc3ncc(-c4cnn(CS(C)(=O)=O)c4)cc3C(N)=O)CC2)cc1F. The number of nitrogens with two attached hydrogens (primary N) is 1. The lowest BCUT2D eigenvalue weighted by molar-refractivity contribution is -0.132. The van der Waals surface area contributed by atoms with Gasteiger partial charge in [-0.3, -0.25) is 14.3 Å². The van der Waals surface area contributed by atoms with Crippen LogP contribution in [0.2, 0.25) is 0 Å². The third kappa shape index (κ3) is 6.70. The van der Waals surface area contributed by atoms with Crippen molar-refractivity contribution >= 4 is 21.7 Å². The molecule has 196 valence electrons. The first-order chi connectivity index (χ1) is 17.5. The molecule has 0 atom stereocenters. The number of likely N-dealkylation sites (tertiary alicyclic amines) is 1. The molecule has 0 aliphatic carbocycles. The van der Waals surface area contributed by atoms with Crippen molar-refractivity contribution in [1.82, 2.24) is 19.7 Å². The van der Waals surface area contributed by atoms with Gasteiger partial charge in [0.1, 0.15) is 23.4 Å². The molecule has 1 aliphatic rings. The number of aromatic nitrogens is 3. The molecule has 1 aromatic carbocycles. The molecule has 3 aromatic rings. The molecule has 1 saturated heterocycles. The van der Waals surface area contributed by atoms with Crippen molar-refractivity contribution in [2.45, 2.75) is 38.2 Å². The first-order valence-corrected chi connectivity index (χ1v) is 13.7. The number of nitrogens with zero attached hydrogens (tertiary/aromatic N) is 4. The van der Waals surface area contributed by atoms with E-state index in [-0.39, 0.29) is 41.6 Å². The summed E-state index contributed by atoms with van der Waals surface area (Å²) in [6.07, 6.45) is 6.56. The van der Waals surface area contributed by atoms with Crippen LogP contribution in [-0.4, -0.2) is 65.3 Å². The molecule has 0 spiro atoms. The topological polar surface area (TPSA) is 137 Å². The summed E-state index contributed by atoms with van der Waals surface area (Å²) in [5, 5.41) is 4.04. The molecule has 2 N–H and O–H groups in total. The van der Waals surface area contributed by atoms with Gasteiger partial charge in [0.25, 0.3) is 5.91 Å². The van der Waals surface area contributed by atoms with Gasteiger partial charge in [0.15, 0.2) is 9.84 Å². The minimum atomic E-state index is -3.27. The van der Waals surface area contributed by atoms with Crippen molar-refractivity contribution in [3.63, 3.8) is 0 Å². The van der Waals surface area contributed by atoms with Crippen LogP contribution in [-0.2, 0) is 26.9 Å². The molecule has 4 rings (SSSR count). The molecule has 3 heterocycles. The number of primary amides is 1. The lowest BCUT2D eigenvalue weighted by Gasteiger charge is -2.32. The highest BCUT2D eigenvalue weighted by Crippen LogP contribution is 2.26. The zero-order chi connectivity index (χ0) is 26.7. The van der Waals surface area contributed by atoms with Crippen molar-refractivity contribution in [3.8, 4) is 17.0 Å². The first-order valence-electron chi connectivity index (χ1n) is 11.7. The normalized spacial score (nSPS) is 14.5. The van der Waals surface area contributed by atoms with Crippen molar-refractivity contribution in [3.05, 3.63) is 65.4 Å². The largest absolute Gasteiger partial charge is 0.474 e. The minimum Gasteiger partial charge on any atom is -0.474 e. The van der Waals surface area contributed by atoms with E-state index in [1.54, 1.807) is 30.2 Å². The summed E-state index contributed by atoms with van der Waals surface area (Å²) in [5.41, 5.74) is 7.94. The van der Waals surface area contributed by atoms with Crippen molar-refractivity contribution in [2.24, 2.45) is 5.73 Å². The summed E-state index contributed by atoms with van der Waals surface area (Å²) in [4.78, 5) is 30.8. The second-order valence-electron chi connectivity index (χ2n) is 9.22. The second-order valence-corrected chi connectivity index (χ2v) is 11.3. The average molecular weight is 530 g/mol. The highest BCUT2D eigenvalue weighted by molar-refractivity contribution is 7.89. The molecule has 2 amide bonds. The molecule has 12 heteroatoms. The molecule has 10 nitrogen and oxygen atoms in total. The summed E-state index contributed by atoms with van der Waals surface area (Å²) in [5.74, 6) is -1.30. The number of rotatable bonds is 8. The molecular weight excluding hydrogens is 501 g/mol. The summed E-state index contributed by atoms with van der Waals surface area (Å²) in [6.45, 7) is 2.59. The van der Waals surface area contributed by atoms with Gasteiger partial charge in [-0.2, -0.15) is 5.10 Å². The number of halogens is 1. The van der Waals surface area contributed by atoms with Crippen LogP contribution < -0.4 is 10.5 Å². The van der Waals surface area contributed by atoms with Crippen LogP contribution in [0.4, 0.5) is 4.39 Å². The van der Waals surface area contributed by atoms with Crippen molar-refractivity contribution in [2.75, 3.05) is 19.3 Å². The summed E-state index contributed by atoms with van der Waals surface area (Å²) >= 11 is 0. The Hall–Kier alpha value is -3.80. The Morgan fingerprint density at radius 2 is 1.89 bits per heavy atom. The minimum absolute atomic E-state index is 0.0848. The average Bonchev–Trinajstić information content (AvgIpc) is 3.28. The Balaban J connectivity index is 1.39. The van der Waals surface area contributed by atoms with Crippen LogP contribution in [0.25, 0.3) is 11.1 Å². The standard InChI is InChI=1S/C25H28FN5O5S/c1-16-3-4-17(9-22(16)26)10-23(32)30-7-5-20(6-8-30)36-25-21(24(27)33)11-18(12-28-25)19-13-29-31(14-19)15-37(2,34)35/h3-4,9,11-14,20H,5-8,10,15H2,1-2H3,(H2,27,33). The molecule has 37 heavy (non-hydrogen) atoms. The Bertz CT molecular complexity index is 1430. The third-order valence-corrected chi connectivity index (χ3v) is 6.85. The van der Waals surface area contributed by atoms with E-state index in [9.17, 15) is 22.4 Å². The van der Waals surface area contributed by atoms with E-state index in [4.69, 9.17) is 10.5 Å². The summed E-state index contributed by atoms with van der Waals surface area (Å²) < 4.78 is 44.1. The second kappa shape index (κ2) is 10.7. The summed E-state index contributed by atoms with van der Waals surface area (Å²) in [6, 6.07) is 6.34. The number of hydrogen-bond donors (Lipinski definition) is 1. The van der Waals surface area contributed by atoms with Gasteiger partial charge in [0.05, 0.1) is 12.6 Å². The molecule has 0 unspecified atom stereocenters. The van der Waals surface area contributed by atoms with Crippen molar-refractivity contribution in [1.29, 1.82) is 0 Å². The molecule has 0 radical (unpaired) electrons. The number of amides is 2. The van der Waals surface area contributed by atoms with Crippen LogP contribution in [0, 0.1) is 12.7 Å². The number of piperidine rings is 1. The van der Waals surface area contributed by atoms with E-state index in [0.717, 1.165) is 6.26 Å². The Morgan fingerprint density at radius 3 is 2.54 bits per heavy atom. The number of ether oxygens (including phenoxy) is 1. The zero-order valence-electron chi connectivity index (χ0n) is 20.6. The maximum atomic E-state index is 13.8. The molecule has 1 fully saturated rings. The van der Waals surface area contributed by atoms with Crippen LogP contribution in [0.3, 0.4) is 0 Å². The first kappa shape index (κ1) is 26.3. The Labute approximate surface area is 214 Å². The van der Waals surface area contributed by atoms with E-state index in [0.29, 0.717) is 48.2 Å². The lowest BCUT2D eigenvalue weighted by atomic mass is 10.0. The van der Waals surface area contributed by atoms with Crippen LogP contribution >= 0.6 is 0 Å². The Kier molecular flexibility index (Phi) is 7.58. The van der Waals surface area contributed by atoms with Gasteiger partial charge in [-0.15, -0.1) is 0 Å². The number of pyridine rings is 1. The molecule has 1 aliphatic heterocycles. The molecule has 0 saturated carbocycles. The Morgan fingerprint density at radius 1 is 1.16 bits per heavy atom. The maximum Gasteiger partial charge on any atom is 0.254 e. The molecule has 2 aromatic heterocycles. The van der Waals surface area contributed by atoms with Crippen LogP contribution in [0.1, 0.15) is 34.3 Å². The van der Waals surface area contributed by atoms with E-state index < -0.39 is 15.7 Å². The van der Waals surface area contributed by atoms with Gasteiger partial charge in [0, 0.05) is 55.7 Å². The molecule has 0 bridgehead atoms. The number of hydrogen-bond acceptors (Lipinski definition) is 7. The number of carbonyl (C=O) groups excluding carboxylic acids is 2. The van der Waals surface area contributed by atoms with E-state index in [1.807, 2.05) is 0 Å². The number of aryl methyl sites for hydroxylation is 1. The predicted octanol–water partition coefficient (Wildman–Crippen LogP) is 2.11.